The largest absolute Gasteiger partial charge is 0.465 e. The summed E-state index contributed by atoms with van der Waals surface area (Å²) < 4.78 is 6.33. The molecular weight excluding hydrogens is 300 g/mol. The van der Waals surface area contributed by atoms with Gasteiger partial charge in [-0.3, -0.25) is 0 Å². The first kappa shape index (κ1) is 10.9. The van der Waals surface area contributed by atoms with Crippen molar-refractivity contribution in [2.75, 3.05) is 7.11 Å². The van der Waals surface area contributed by atoms with Gasteiger partial charge in [-0.05, 0) is 22.0 Å². The van der Waals surface area contributed by atoms with E-state index in [0.717, 1.165) is 14.6 Å². The highest BCUT2D eigenvalue weighted by Crippen LogP contribution is 2.39. The van der Waals surface area contributed by atoms with Crippen LogP contribution in [0.15, 0.2) is 22.7 Å². The van der Waals surface area contributed by atoms with Gasteiger partial charge in [0.05, 0.1) is 21.3 Å². The molecule has 2 rings (SSSR count). The van der Waals surface area contributed by atoms with Crippen LogP contribution < -0.4 is 0 Å². The molecule has 2 aromatic rings. The van der Waals surface area contributed by atoms with E-state index in [1.54, 1.807) is 6.07 Å². The molecule has 0 unspecified atom stereocenters. The van der Waals surface area contributed by atoms with E-state index < -0.39 is 0 Å². The summed E-state index contributed by atoms with van der Waals surface area (Å²) in [5.41, 5.74) is 0. The van der Waals surface area contributed by atoms with Gasteiger partial charge in [0.2, 0.25) is 0 Å². The summed E-state index contributed by atoms with van der Waals surface area (Å²) in [7, 11) is 1.36. The third-order valence-electron chi connectivity index (χ3n) is 1.98. The zero-order valence-corrected chi connectivity index (χ0v) is 10.9. The van der Waals surface area contributed by atoms with Gasteiger partial charge in [0.1, 0.15) is 4.88 Å². The second-order valence-electron chi connectivity index (χ2n) is 2.85. The van der Waals surface area contributed by atoms with Gasteiger partial charge in [-0.25, -0.2) is 4.79 Å². The van der Waals surface area contributed by atoms with Crippen molar-refractivity contribution in [3.63, 3.8) is 0 Å². The van der Waals surface area contributed by atoms with Crippen LogP contribution in [0.1, 0.15) is 9.67 Å². The summed E-state index contributed by atoms with van der Waals surface area (Å²) in [4.78, 5) is 12.0. The van der Waals surface area contributed by atoms with E-state index in [9.17, 15) is 4.79 Å². The minimum atomic E-state index is -0.348. The summed E-state index contributed by atoms with van der Waals surface area (Å²) >= 11 is 10.7. The lowest BCUT2D eigenvalue weighted by molar-refractivity contribution is 0.0605. The Hall–Kier alpha value is -0.580. The molecule has 1 aromatic heterocycles. The first-order valence-electron chi connectivity index (χ1n) is 4.10. The normalized spacial score (nSPS) is 10.6. The summed E-state index contributed by atoms with van der Waals surface area (Å²) in [6.07, 6.45) is 0. The number of hydrogen-bond acceptors (Lipinski definition) is 3. The van der Waals surface area contributed by atoms with Crippen molar-refractivity contribution in [1.29, 1.82) is 0 Å². The molecule has 0 saturated heterocycles. The van der Waals surface area contributed by atoms with Gasteiger partial charge in [-0.15, -0.1) is 11.3 Å². The van der Waals surface area contributed by atoms with Crippen LogP contribution in [0, 0.1) is 0 Å². The third-order valence-corrected chi connectivity index (χ3v) is 4.71. The molecule has 0 aliphatic rings. The smallest absolute Gasteiger partial charge is 0.349 e. The summed E-state index contributed by atoms with van der Waals surface area (Å²) in [5.74, 6) is -0.348. The Kier molecular flexibility index (Phi) is 3.00. The van der Waals surface area contributed by atoms with Crippen molar-refractivity contribution >= 4 is 54.9 Å². The second kappa shape index (κ2) is 4.12. The van der Waals surface area contributed by atoms with E-state index in [1.165, 1.54) is 18.4 Å². The van der Waals surface area contributed by atoms with Crippen LogP contribution in [0.5, 0.6) is 0 Å². The average Bonchev–Trinajstić information content (AvgIpc) is 2.57. The lowest BCUT2D eigenvalue weighted by Gasteiger charge is -1.94. The van der Waals surface area contributed by atoms with E-state index >= 15 is 0 Å². The molecule has 1 heterocycles. The van der Waals surface area contributed by atoms with Gasteiger partial charge in [-0.2, -0.15) is 0 Å². The molecule has 0 radical (unpaired) electrons. The fourth-order valence-electron chi connectivity index (χ4n) is 1.28. The van der Waals surface area contributed by atoms with E-state index in [2.05, 4.69) is 20.7 Å². The van der Waals surface area contributed by atoms with Crippen LogP contribution in [0.4, 0.5) is 0 Å². The van der Waals surface area contributed by atoms with Gasteiger partial charge in [0.15, 0.2) is 0 Å². The Morgan fingerprint density at radius 2 is 2.27 bits per heavy atom. The van der Waals surface area contributed by atoms with Crippen LogP contribution in [-0.4, -0.2) is 13.1 Å². The van der Waals surface area contributed by atoms with Crippen molar-refractivity contribution in [2.24, 2.45) is 0 Å². The topological polar surface area (TPSA) is 26.3 Å². The number of methoxy groups -OCH3 is 1. The van der Waals surface area contributed by atoms with Crippen molar-refractivity contribution in [1.82, 2.24) is 0 Å². The number of hydrogen-bond donors (Lipinski definition) is 0. The van der Waals surface area contributed by atoms with E-state index in [4.69, 9.17) is 11.6 Å². The van der Waals surface area contributed by atoms with Gasteiger partial charge >= 0.3 is 5.97 Å². The highest BCUT2D eigenvalue weighted by Gasteiger charge is 2.18. The molecular formula is C10H6BrClO2S. The molecule has 0 saturated carbocycles. The lowest BCUT2D eigenvalue weighted by atomic mass is 10.2. The zero-order chi connectivity index (χ0) is 11.0. The Morgan fingerprint density at radius 3 is 2.87 bits per heavy atom. The maximum absolute atomic E-state index is 11.4. The van der Waals surface area contributed by atoms with Crippen LogP contribution in [-0.2, 0) is 4.74 Å². The number of rotatable bonds is 1. The average molecular weight is 306 g/mol. The predicted molar refractivity (Wildman–Crippen MR) is 65.9 cm³/mol. The first-order valence-corrected chi connectivity index (χ1v) is 6.08. The molecule has 0 aliphatic carbocycles. The minimum absolute atomic E-state index is 0.348. The van der Waals surface area contributed by atoms with Crippen molar-refractivity contribution in [2.45, 2.75) is 0 Å². The number of halogens is 2. The van der Waals surface area contributed by atoms with Gasteiger partial charge < -0.3 is 4.74 Å². The molecule has 0 spiro atoms. The number of benzene rings is 1. The summed E-state index contributed by atoms with van der Waals surface area (Å²) in [6.45, 7) is 0. The molecule has 78 valence electrons. The Bertz CT molecular complexity index is 535. The highest BCUT2D eigenvalue weighted by atomic mass is 79.9. The van der Waals surface area contributed by atoms with Crippen molar-refractivity contribution in [3.8, 4) is 0 Å². The highest BCUT2D eigenvalue weighted by molar-refractivity contribution is 9.10. The van der Waals surface area contributed by atoms with Gasteiger partial charge in [0.25, 0.3) is 0 Å². The van der Waals surface area contributed by atoms with Crippen LogP contribution in [0.3, 0.4) is 0 Å². The Morgan fingerprint density at radius 1 is 1.53 bits per heavy atom. The second-order valence-corrected chi connectivity index (χ2v) is 5.07. The van der Waals surface area contributed by atoms with E-state index in [-0.39, 0.29) is 5.97 Å². The number of carbonyl (C=O) groups is 1. The molecule has 0 fully saturated rings. The maximum atomic E-state index is 11.4. The standard InChI is InChI=1S/C10H6BrClO2S/c1-14-10(13)9-7(11)5-3-2-4-6(12)8(5)15-9/h2-4H,1H3. The summed E-state index contributed by atoms with van der Waals surface area (Å²) in [5, 5.41) is 1.58. The Balaban J connectivity index is 2.75. The van der Waals surface area contributed by atoms with E-state index in [1.807, 2.05) is 12.1 Å². The van der Waals surface area contributed by atoms with Crippen LogP contribution in [0.2, 0.25) is 5.02 Å². The maximum Gasteiger partial charge on any atom is 0.349 e. The van der Waals surface area contributed by atoms with Gasteiger partial charge in [0, 0.05) is 5.39 Å². The summed E-state index contributed by atoms with van der Waals surface area (Å²) in [6, 6.07) is 5.56. The molecule has 0 amide bonds. The fourth-order valence-corrected chi connectivity index (χ4v) is 3.45. The minimum Gasteiger partial charge on any atom is -0.465 e. The van der Waals surface area contributed by atoms with Crippen LogP contribution >= 0.6 is 38.9 Å². The lowest BCUT2D eigenvalue weighted by Crippen LogP contribution is -1.98. The number of thiophene rings is 1. The molecule has 2 nitrogen and oxygen atoms in total. The number of esters is 1. The number of fused-ring (bicyclic) bond motifs is 1. The molecule has 0 aliphatic heterocycles. The predicted octanol–water partition coefficient (Wildman–Crippen LogP) is 4.10. The third kappa shape index (κ3) is 1.77. The van der Waals surface area contributed by atoms with Crippen molar-refractivity contribution in [3.05, 3.63) is 32.6 Å². The monoisotopic (exact) mass is 304 g/mol. The Labute approximate surface area is 104 Å². The molecule has 15 heavy (non-hydrogen) atoms. The molecule has 0 atom stereocenters. The quantitative estimate of drug-likeness (QED) is 0.741. The van der Waals surface area contributed by atoms with Crippen molar-refractivity contribution < 1.29 is 9.53 Å². The molecule has 5 heteroatoms. The van der Waals surface area contributed by atoms with Crippen LogP contribution in [0.25, 0.3) is 10.1 Å². The number of carbonyl (C=O) groups excluding carboxylic acids is 1. The first-order chi connectivity index (χ1) is 7.15. The number of ether oxygens (including phenoxy) is 1. The van der Waals surface area contributed by atoms with Gasteiger partial charge in [-0.1, -0.05) is 23.7 Å². The SMILES string of the molecule is COC(=O)c1sc2c(Cl)cccc2c1Br. The fraction of sp³-hybridized carbons (Fsp3) is 0.100. The molecule has 1 aromatic carbocycles. The molecule has 0 bridgehead atoms. The molecule has 0 N–H and O–H groups in total. The zero-order valence-electron chi connectivity index (χ0n) is 7.71. The van der Waals surface area contributed by atoms with E-state index in [0.29, 0.717) is 9.90 Å².